The van der Waals surface area contributed by atoms with Crippen LogP contribution in [-0.2, 0) is 9.84 Å². The van der Waals surface area contributed by atoms with Gasteiger partial charge in [-0.05, 0) is 43.7 Å². The number of benzene rings is 1. The smallest absolute Gasteiger partial charge is 0.251 e. The second kappa shape index (κ2) is 10.8. The molecule has 1 saturated heterocycles. The van der Waals surface area contributed by atoms with Gasteiger partial charge in [-0.1, -0.05) is 0 Å². The zero-order valence-corrected chi connectivity index (χ0v) is 24.5. The lowest BCUT2D eigenvalue weighted by molar-refractivity contribution is 0.0938. The number of hydrogen-bond acceptors (Lipinski definition) is 10. The highest BCUT2D eigenvalue weighted by Gasteiger charge is 2.36. The van der Waals surface area contributed by atoms with Gasteiger partial charge in [0.05, 0.1) is 42.3 Å². The molecule has 3 aromatic heterocycles. The van der Waals surface area contributed by atoms with E-state index in [1.807, 2.05) is 29.3 Å². The highest BCUT2D eigenvalue weighted by Crippen LogP contribution is 2.38. The highest BCUT2D eigenvalue weighted by atomic mass is 32.2. The van der Waals surface area contributed by atoms with Crippen molar-refractivity contribution in [2.45, 2.75) is 36.2 Å². The van der Waals surface area contributed by atoms with E-state index in [4.69, 9.17) is 14.5 Å². The fourth-order valence-electron chi connectivity index (χ4n) is 5.42. The van der Waals surface area contributed by atoms with Crippen LogP contribution in [-0.4, -0.2) is 67.6 Å². The second-order valence-corrected chi connectivity index (χ2v) is 12.9. The average molecular weight is 623 g/mol. The van der Waals surface area contributed by atoms with Crippen LogP contribution in [0.3, 0.4) is 0 Å². The van der Waals surface area contributed by atoms with E-state index in [0.29, 0.717) is 41.7 Å². The molecule has 6 heterocycles. The van der Waals surface area contributed by atoms with E-state index < -0.39 is 50.2 Å². The fraction of sp³-hybridized carbons (Fsp3) is 0.333. The molecule has 14 heteroatoms. The first-order chi connectivity index (χ1) is 21.2. The number of aromatic nitrogens is 3. The number of fused-ring (bicyclic) bond motifs is 3. The molecule has 44 heavy (non-hydrogen) atoms. The number of amides is 1. The molecule has 0 bridgehead atoms. The van der Waals surface area contributed by atoms with Gasteiger partial charge in [-0.3, -0.25) is 9.78 Å². The Labute approximate surface area is 251 Å². The number of carbonyl (C=O) groups excluding carboxylic acids is 1. The molecule has 7 rings (SSSR count). The lowest BCUT2D eigenvalue weighted by Crippen LogP contribution is -2.37. The third-order valence-corrected chi connectivity index (χ3v) is 9.85. The van der Waals surface area contributed by atoms with Crippen LogP contribution in [0.1, 0.15) is 41.9 Å². The molecule has 0 saturated carbocycles. The van der Waals surface area contributed by atoms with Crippen molar-refractivity contribution >= 4 is 44.0 Å². The quantitative estimate of drug-likeness (QED) is 0.345. The summed E-state index contributed by atoms with van der Waals surface area (Å²) >= 11 is 0. The van der Waals surface area contributed by atoms with Gasteiger partial charge in [0, 0.05) is 42.7 Å². The summed E-state index contributed by atoms with van der Waals surface area (Å²) in [4.78, 5) is 30.7. The molecule has 228 valence electrons. The summed E-state index contributed by atoms with van der Waals surface area (Å²) in [6.07, 6.45) is 4.22. The van der Waals surface area contributed by atoms with Gasteiger partial charge in [0.1, 0.15) is 17.3 Å². The van der Waals surface area contributed by atoms with Crippen molar-refractivity contribution in [1.29, 1.82) is 0 Å². The van der Waals surface area contributed by atoms with Gasteiger partial charge >= 0.3 is 0 Å². The van der Waals surface area contributed by atoms with Crippen LogP contribution in [0.2, 0.25) is 0 Å². The van der Waals surface area contributed by atoms with Crippen LogP contribution >= 0.6 is 0 Å². The standard InChI is InChI=1S/C30H28F2N6O5S/c1-17(35-30(39)19-11-21(31)28-25(12-19)44(40,41)26(32)5-9-43-28)22-14-23-18(15-33-22)3-4-27(36-23)38-8-10-42-24-13-20(16-34-29(24)38)37-6-2-7-37/h3-4,11-17,26H,2,5-10H2,1H3,(H,35,39)/t17-,26+/m0/s1. The molecule has 0 spiro atoms. The third kappa shape index (κ3) is 4.92. The van der Waals surface area contributed by atoms with Crippen LogP contribution in [0.4, 0.5) is 26.1 Å². The van der Waals surface area contributed by atoms with Crippen molar-refractivity contribution in [2.24, 2.45) is 0 Å². The molecule has 11 nitrogen and oxygen atoms in total. The summed E-state index contributed by atoms with van der Waals surface area (Å²) < 4.78 is 65.4. The molecule has 4 aromatic rings. The van der Waals surface area contributed by atoms with Gasteiger partial charge in [0.2, 0.25) is 15.3 Å². The second-order valence-electron chi connectivity index (χ2n) is 10.9. The van der Waals surface area contributed by atoms with Crippen molar-refractivity contribution in [3.63, 3.8) is 0 Å². The Morgan fingerprint density at radius 2 is 1.91 bits per heavy atom. The van der Waals surface area contributed by atoms with Crippen molar-refractivity contribution in [1.82, 2.24) is 20.3 Å². The molecule has 1 N–H and O–H groups in total. The van der Waals surface area contributed by atoms with Crippen LogP contribution < -0.4 is 24.6 Å². The van der Waals surface area contributed by atoms with Crippen LogP contribution in [0, 0.1) is 5.82 Å². The average Bonchev–Trinajstić information content (AvgIpc) is 3.10. The summed E-state index contributed by atoms with van der Waals surface area (Å²) in [5.41, 5.74) is -0.405. The number of anilines is 3. The molecule has 1 amide bonds. The maximum atomic E-state index is 14.8. The van der Waals surface area contributed by atoms with E-state index in [1.165, 1.54) is 0 Å². The first kappa shape index (κ1) is 28.2. The van der Waals surface area contributed by atoms with Crippen molar-refractivity contribution in [3.8, 4) is 11.5 Å². The summed E-state index contributed by atoms with van der Waals surface area (Å²) in [7, 11) is -4.53. The van der Waals surface area contributed by atoms with E-state index in [-0.39, 0.29) is 12.2 Å². The van der Waals surface area contributed by atoms with E-state index in [9.17, 15) is 22.0 Å². The van der Waals surface area contributed by atoms with Gasteiger partial charge in [-0.25, -0.2) is 27.2 Å². The zero-order valence-electron chi connectivity index (χ0n) is 23.7. The first-order valence-electron chi connectivity index (χ1n) is 14.3. The van der Waals surface area contributed by atoms with E-state index >= 15 is 0 Å². The normalized spacial score (nSPS) is 19.5. The first-order valence-corrected chi connectivity index (χ1v) is 15.8. The maximum absolute atomic E-state index is 14.8. The number of halogens is 2. The topological polar surface area (TPSA) is 127 Å². The molecule has 1 aromatic carbocycles. The minimum Gasteiger partial charge on any atom is -0.489 e. The van der Waals surface area contributed by atoms with Crippen LogP contribution in [0.5, 0.6) is 11.5 Å². The summed E-state index contributed by atoms with van der Waals surface area (Å²) in [5.74, 6) is -0.343. The fourth-order valence-corrected chi connectivity index (χ4v) is 6.81. The molecular weight excluding hydrogens is 594 g/mol. The number of sulfone groups is 1. The minimum absolute atomic E-state index is 0.286. The van der Waals surface area contributed by atoms with Crippen LogP contribution in [0.25, 0.3) is 10.9 Å². The number of alkyl halides is 1. The molecule has 1 fully saturated rings. The number of hydrogen-bond donors (Lipinski definition) is 1. The Morgan fingerprint density at radius 3 is 2.70 bits per heavy atom. The van der Waals surface area contributed by atoms with E-state index in [2.05, 4.69) is 20.2 Å². The number of nitrogens with zero attached hydrogens (tertiary/aromatic N) is 5. The van der Waals surface area contributed by atoms with Gasteiger partial charge < -0.3 is 24.6 Å². The zero-order chi connectivity index (χ0) is 30.6. The molecule has 3 aliphatic rings. The number of rotatable bonds is 5. The minimum atomic E-state index is -4.53. The lowest BCUT2D eigenvalue weighted by atomic mass is 10.1. The Morgan fingerprint density at radius 1 is 1.07 bits per heavy atom. The van der Waals surface area contributed by atoms with Gasteiger partial charge in [-0.2, -0.15) is 0 Å². The molecule has 3 aliphatic heterocycles. The SMILES string of the molecule is C[C@H](NC(=O)c1cc(F)c2c(c1)S(=O)(=O)[C@@H](F)CCO2)c1cc2nc(N3CCOc4cc(N5CCC5)cnc43)ccc2cn1. The molecule has 2 atom stereocenters. The number of ether oxygens (including phenoxy) is 2. The largest absolute Gasteiger partial charge is 0.489 e. The van der Waals surface area contributed by atoms with Gasteiger partial charge in [0.25, 0.3) is 5.91 Å². The summed E-state index contributed by atoms with van der Waals surface area (Å²) in [5, 5.41) is 3.50. The Bertz CT molecular complexity index is 1900. The third-order valence-electron chi connectivity index (χ3n) is 8.02. The molecule has 0 unspecified atom stereocenters. The lowest BCUT2D eigenvalue weighted by Gasteiger charge is -2.35. The number of pyridine rings is 3. The van der Waals surface area contributed by atoms with Crippen LogP contribution in [0.15, 0.2) is 53.7 Å². The summed E-state index contributed by atoms with van der Waals surface area (Å²) in [6, 6.07) is 8.70. The molecular formula is C30H28F2N6O5S. The molecule has 0 radical (unpaired) electrons. The Balaban J connectivity index is 1.14. The van der Waals surface area contributed by atoms with Gasteiger partial charge in [-0.15, -0.1) is 0 Å². The maximum Gasteiger partial charge on any atom is 0.251 e. The summed E-state index contributed by atoms with van der Waals surface area (Å²) in [6.45, 7) is 4.44. The highest BCUT2D eigenvalue weighted by molar-refractivity contribution is 7.92. The predicted molar refractivity (Wildman–Crippen MR) is 158 cm³/mol. The monoisotopic (exact) mass is 622 g/mol. The van der Waals surface area contributed by atoms with Crippen molar-refractivity contribution < 1.29 is 31.5 Å². The Kier molecular flexibility index (Phi) is 6.95. The molecule has 0 aliphatic carbocycles. The van der Waals surface area contributed by atoms with Crippen molar-refractivity contribution in [3.05, 3.63) is 65.9 Å². The van der Waals surface area contributed by atoms with Crippen molar-refractivity contribution in [2.75, 3.05) is 42.6 Å². The van der Waals surface area contributed by atoms with E-state index in [1.54, 1.807) is 19.2 Å². The number of nitrogens with one attached hydrogen (secondary N) is 1. The number of carbonyl (C=O) groups is 1. The van der Waals surface area contributed by atoms with E-state index in [0.717, 1.165) is 42.7 Å². The predicted octanol–water partition coefficient (Wildman–Crippen LogP) is 4.25. The van der Waals surface area contributed by atoms with Gasteiger partial charge in [0.15, 0.2) is 23.1 Å². The Hall–Kier alpha value is -4.59.